The lowest BCUT2D eigenvalue weighted by Gasteiger charge is -2.17. The number of ether oxygens (including phenoxy) is 1. The van der Waals surface area contributed by atoms with E-state index < -0.39 is 0 Å². The molecule has 5 heteroatoms. The van der Waals surface area contributed by atoms with Crippen molar-refractivity contribution in [3.05, 3.63) is 35.2 Å². The standard InChI is InChI=1S/C16H24N4O/c1-12-7-8-13(2)14(11-12)21-10-6-9-20-15(16(3,4)5)17-18-19-20/h7-8,11H,6,9-10H2,1-5H3. The van der Waals surface area contributed by atoms with Crippen molar-refractivity contribution in [3.8, 4) is 5.75 Å². The molecule has 5 nitrogen and oxygen atoms in total. The Labute approximate surface area is 126 Å². The Balaban J connectivity index is 1.88. The summed E-state index contributed by atoms with van der Waals surface area (Å²) in [6.45, 7) is 11.9. The largest absolute Gasteiger partial charge is 0.493 e. The molecule has 114 valence electrons. The summed E-state index contributed by atoms with van der Waals surface area (Å²) in [4.78, 5) is 0. The molecular formula is C16H24N4O. The molecule has 0 fully saturated rings. The fourth-order valence-corrected chi connectivity index (χ4v) is 2.15. The van der Waals surface area contributed by atoms with Gasteiger partial charge < -0.3 is 4.74 Å². The van der Waals surface area contributed by atoms with Crippen molar-refractivity contribution in [3.63, 3.8) is 0 Å². The molecule has 1 heterocycles. The molecule has 2 aromatic rings. The first kappa shape index (κ1) is 15.5. The van der Waals surface area contributed by atoms with Crippen LogP contribution in [0.1, 0.15) is 44.1 Å². The highest BCUT2D eigenvalue weighted by molar-refractivity contribution is 5.35. The van der Waals surface area contributed by atoms with Gasteiger partial charge in [0.05, 0.1) is 6.61 Å². The molecule has 1 aromatic heterocycles. The average molecular weight is 288 g/mol. The summed E-state index contributed by atoms with van der Waals surface area (Å²) in [5.74, 6) is 1.87. The number of rotatable bonds is 5. The molecule has 21 heavy (non-hydrogen) atoms. The Morgan fingerprint density at radius 1 is 1.19 bits per heavy atom. The molecule has 0 unspecified atom stereocenters. The van der Waals surface area contributed by atoms with Gasteiger partial charge in [-0.2, -0.15) is 0 Å². The van der Waals surface area contributed by atoms with Gasteiger partial charge >= 0.3 is 0 Å². The van der Waals surface area contributed by atoms with Crippen LogP contribution in [0.15, 0.2) is 18.2 Å². The minimum atomic E-state index is -0.0442. The van der Waals surface area contributed by atoms with Crippen LogP contribution in [0.5, 0.6) is 5.75 Å². The second-order valence-corrected chi connectivity index (χ2v) is 6.45. The van der Waals surface area contributed by atoms with Gasteiger partial charge in [0.1, 0.15) is 5.75 Å². The average Bonchev–Trinajstić information content (AvgIpc) is 2.87. The topological polar surface area (TPSA) is 52.8 Å². The minimum Gasteiger partial charge on any atom is -0.493 e. The quantitative estimate of drug-likeness (QED) is 0.793. The normalized spacial score (nSPS) is 11.7. The second kappa shape index (κ2) is 6.24. The second-order valence-electron chi connectivity index (χ2n) is 6.45. The SMILES string of the molecule is Cc1ccc(C)c(OCCCn2nnnc2C(C)(C)C)c1. The van der Waals surface area contributed by atoms with Gasteiger partial charge in [-0.25, -0.2) is 4.68 Å². The molecule has 0 N–H and O–H groups in total. The van der Waals surface area contributed by atoms with E-state index in [2.05, 4.69) is 68.3 Å². The van der Waals surface area contributed by atoms with Crippen LogP contribution in [0.4, 0.5) is 0 Å². The maximum Gasteiger partial charge on any atom is 0.156 e. The van der Waals surface area contributed by atoms with E-state index in [1.165, 1.54) is 11.1 Å². The van der Waals surface area contributed by atoms with Crippen LogP contribution >= 0.6 is 0 Å². The minimum absolute atomic E-state index is 0.0442. The van der Waals surface area contributed by atoms with Gasteiger partial charge in [-0.3, -0.25) is 0 Å². The first-order valence-electron chi connectivity index (χ1n) is 7.34. The summed E-state index contributed by atoms with van der Waals surface area (Å²) < 4.78 is 7.73. The van der Waals surface area contributed by atoms with Crippen molar-refractivity contribution in [2.75, 3.05) is 6.61 Å². The van der Waals surface area contributed by atoms with Gasteiger partial charge in [0, 0.05) is 18.4 Å². The van der Waals surface area contributed by atoms with Crippen LogP contribution in [0.2, 0.25) is 0 Å². The van der Waals surface area contributed by atoms with Crippen molar-refractivity contribution < 1.29 is 4.74 Å². The third kappa shape index (κ3) is 4.03. The van der Waals surface area contributed by atoms with E-state index in [4.69, 9.17) is 4.74 Å². The first-order valence-corrected chi connectivity index (χ1v) is 7.34. The Bertz CT molecular complexity index is 599. The van der Waals surface area contributed by atoms with E-state index in [1.807, 2.05) is 4.68 Å². The Morgan fingerprint density at radius 2 is 1.95 bits per heavy atom. The Kier molecular flexibility index (Phi) is 4.60. The summed E-state index contributed by atoms with van der Waals surface area (Å²) in [5, 5.41) is 11.9. The van der Waals surface area contributed by atoms with Gasteiger partial charge in [-0.15, -0.1) is 5.10 Å². The first-order chi connectivity index (χ1) is 9.88. The van der Waals surface area contributed by atoms with E-state index in [0.717, 1.165) is 24.5 Å². The molecule has 0 saturated heterocycles. The maximum atomic E-state index is 5.86. The molecule has 0 atom stereocenters. The van der Waals surface area contributed by atoms with Crippen molar-refractivity contribution in [2.45, 2.75) is 53.0 Å². The molecule has 0 spiro atoms. The van der Waals surface area contributed by atoms with Gasteiger partial charge in [-0.05, 0) is 41.5 Å². The number of hydrogen-bond donors (Lipinski definition) is 0. The highest BCUT2D eigenvalue weighted by Crippen LogP contribution is 2.20. The third-order valence-electron chi connectivity index (χ3n) is 3.32. The van der Waals surface area contributed by atoms with Gasteiger partial charge in [0.15, 0.2) is 5.82 Å². The van der Waals surface area contributed by atoms with Crippen molar-refractivity contribution in [1.82, 2.24) is 20.2 Å². The lowest BCUT2D eigenvalue weighted by Crippen LogP contribution is -2.20. The number of nitrogens with zero attached hydrogens (tertiary/aromatic N) is 4. The van der Waals surface area contributed by atoms with E-state index in [1.54, 1.807) is 0 Å². The van der Waals surface area contributed by atoms with Crippen LogP contribution in [-0.2, 0) is 12.0 Å². The highest BCUT2D eigenvalue weighted by Gasteiger charge is 2.21. The molecule has 0 aliphatic rings. The fourth-order valence-electron chi connectivity index (χ4n) is 2.15. The number of aryl methyl sites for hydroxylation is 3. The fraction of sp³-hybridized carbons (Fsp3) is 0.562. The number of benzene rings is 1. The zero-order valence-electron chi connectivity index (χ0n) is 13.6. The molecule has 0 aliphatic heterocycles. The summed E-state index contributed by atoms with van der Waals surface area (Å²) >= 11 is 0. The van der Waals surface area contributed by atoms with Crippen LogP contribution in [0.25, 0.3) is 0 Å². The predicted octanol–water partition coefficient (Wildman–Crippen LogP) is 3.06. The molecule has 0 aliphatic carbocycles. The number of hydrogen-bond acceptors (Lipinski definition) is 4. The van der Waals surface area contributed by atoms with Crippen LogP contribution in [0.3, 0.4) is 0 Å². The van der Waals surface area contributed by atoms with Crippen molar-refractivity contribution in [2.24, 2.45) is 0 Å². The summed E-state index contributed by atoms with van der Waals surface area (Å²) in [5.41, 5.74) is 2.34. The number of tetrazole rings is 1. The monoisotopic (exact) mass is 288 g/mol. The molecule has 0 bridgehead atoms. The van der Waals surface area contributed by atoms with Crippen LogP contribution in [0, 0.1) is 13.8 Å². The summed E-state index contributed by atoms with van der Waals surface area (Å²) in [6.07, 6.45) is 0.876. The predicted molar refractivity (Wildman–Crippen MR) is 82.5 cm³/mol. The zero-order valence-corrected chi connectivity index (χ0v) is 13.6. The van der Waals surface area contributed by atoms with Gasteiger partial charge in [0.2, 0.25) is 0 Å². The number of aromatic nitrogens is 4. The molecule has 0 radical (unpaired) electrons. The Hall–Kier alpha value is -1.91. The van der Waals surface area contributed by atoms with E-state index in [9.17, 15) is 0 Å². The van der Waals surface area contributed by atoms with E-state index in [0.29, 0.717) is 6.61 Å². The zero-order chi connectivity index (χ0) is 15.5. The van der Waals surface area contributed by atoms with Gasteiger partial charge in [0.25, 0.3) is 0 Å². The third-order valence-corrected chi connectivity index (χ3v) is 3.32. The molecule has 2 rings (SSSR count). The van der Waals surface area contributed by atoms with Gasteiger partial charge in [-0.1, -0.05) is 32.9 Å². The molecule has 0 amide bonds. The highest BCUT2D eigenvalue weighted by atomic mass is 16.5. The summed E-state index contributed by atoms with van der Waals surface area (Å²) in [6, 6.07) is 6.26. The lowest BCUT2D eigenvalue weighted by molar-refractivity contribution is 0.292. The smallest absolute Gasteiger partial charge is 0.156 e. The van der Waals surface area contributed by atoms with Crippen LogP contribution in [-0.4, -0.2) is 26.8 Å². The Morgan fingerprint density at radius 3 is 2.67 bits per heavy atom. The van der Waals surface area contributed by atoms with E-state index >= 15 is 0 Å². The summed E-state index contributed by atoms with van der Waals surface area (Å²) in [7, 11) is 0. The maximum absolute atomic E-state index is 5.86. The van der Waals surface area contributed by atoms with E-state index in [-0.39, 0.29) is 5.41 Å². The molecule has 0 saturated carbocycles. The molecule has 1 aromatic carbocycles. The molecular weight excluding hydrogens is 264 g/mol. The van der Waals surface area contributed by atoms with Crippen molar-refractivity contribution in [1.29, 1.82) is 0 Å². The van der Waals surface area contributed by atoms with Crippen molar-refractivity contribution >= 4 is 0 Å². The van der Waals surface area contributed by atoms with Crippen LogP contribution < -0.4 is 4.74 Å². The lowest BCUT2D eigenvalue weighted by atomic mass is 9.96.